The maximum absolute atomic E-state index is 13.7. The molecule has 3 aromatic heterocycles. The van der Waals surface area contributed by atoms with Crippen LogP contribution in [0.1, 0.15) is 21.6 Å². The van der Waals surface area contributed by atoms with Crippen molar-refractivity contribution >= 4 is 43.5 Å². The summed E-state index contributed by atoms with van der Waals surface area (Å²) in [4.78, 5) is 31.1. The maximum Gasteiger partial charge on any atom is 0.277 e. The average Bonchev–Trinajstić information content (AvgIpc) is 3.40. The molecule has 0 unspecified atom stereocenters. The summed E-state index contributed by atoms with van der Waals surface area (Å²) < 4.78 is 47.7. The Morgan fingerprint density at radius 1 is 1.02 bits per heavy atom. The van der Waals surface area contributed by atoms with E-state index in [9.17, 15) is 22.4 Å². The highest BCUT2D eigenvalue weighted by Gasteiger charge is 2.26. The molecular formula is C32H27FN6O5S. The van der Waals surface area contributed by atoms with E-state index in [1.54, 1.807) is 30.5 Å². The standard InChI is InChI=1S/C32H27FN6O5S/c1-18-5-11-22(35-16-18)17-39-32(41)24-13-20(8-12-26(24)36-37-39)23-14-25-28(15-27(23)38(3)45(4,42)43)44-30(29(25)31(40)34-2)19-6-9-21(33)10-7-19/h5-16H,17H2,1-4H3,(H,34,40). The molecular weight excluding hydrogens is 599 g/mol. The lowest BCUT2D eigenvalue weighted by molar-refractivity contribution is 0.0964. The predicted octanol–water partition coefficient (Wildman–Crippen LogP) is 4.52. The number of anilines is 1. The number of amides is 1. The van der Waals surface area contributed by atoms with Crippen LogP contribution < -0.4 is 15.2 Å². The number of aryl methyl sites for hydroxylation is 1. The van der Waals surface area contributed by atoms with E-state index in [1.165, 1.54) is 49.1 Å². The minimum absolute atomic E-state index is 0.108. The van der Waals surface area contributed by atoms with Crippen molar-refractivity contribution in [1.29, 1.82) is 0 Å². The van der Waals surface area contributed by atoms with E-state index in [-0.39, 0.29) is 34.5 Å². The number of carbonyl (C=O) groups is 1. The summed E-state index contributed by atoms with van der Waals surface area (Å²) >= 11 is 0. The summed E-state index contributed by atoms with van der Waals surface area (Å²) in [7, 11) is -0.879. The zero-order valence-electron chi connectivity index (χ0n) is 24.7. The van der Waals surface area contributed by atoms with E-state index in [4.69, 9.17) is 4.42 Å². The summed E-state index contributed by atoms with van der Waals surface area (Å²) in [5, 5.41) is 11.6. The van der Waals surface area contributed by atoms with Gasteiger partial charge >= 0.3 is 0 Å². The number of halogens is 1. The van der Waals surface area contributed by atoms with E-state index in [0.717, 1.165) is 16.1 Å². The second-order valence-corrected chi connectivity index (χ2v) is 12.6. The zero-order valence-corrected chi connectivity index (χ0v) is 25.5. The molecule has 11 nitrogen and oxygen atoms in total. The average molecular weight is 627 g/mol. The van der Waals surface area contributed by atoms with Crippen LogP contribution in [-0.4, -0.2) is 54.7 Å². The van der Waals surface area contributed by atoms with Crippen LogP contribution in [0.15, 0.2) is 82.1 Å². The number of furan rings is 1. The number of nitrogens with zero attached hydrogens (tertiary/aromatic N) is 5. The van der Waals surface area contributed by atoms with Gasteiger partial charge in [0.05, 0.1) is 35.1 Å². The first kappa shape index (κ1) is 29.6. The van der Waals surface area contributed by atoms with Crippen LogP contribution in [0.2, 0.25) is 0 Å². The second kappa shape index (κ2) is 11.2. The van der Waals surface area contributed by atoms with Crippen LogP contribution in [0.5, 0.6) is 0 Å². The fourth-order valence-corrected chi connectivity index (χ4v) is 5.56. The number of rotatable bonds is 7. The quantitative estimate of drug-likeness (QED) is 0.273. The number of sulfonamides is 1. The van der Waals surface area contributed by atoms with Gasteiger partial charge < -0.3 is 9.73 Å². The minimum Gasteiger partial charge on any atom is -0.455 e. The van der Waals surface area contributed by atoms with Crippen molar-refractivity contribution in [3.63, 3.8) is 0 Å². The van der Waals surface area contributed by atoms with E-state index in [1.807, 2.05) is 19.1 Å². The summed E-state index contributed by atoms with van der Waals surface area (Å²) in [6.07, 6.45) is 2.77. The molecule has 228 valence electrons. The molecule has 1 amide bonds. The normalized spacial score (nSPS) is 11.7. The summed E-state index contributed by atoms with van der Waals surface area (Å²) in [6, 6.07) is 17.3. The first-order chi connectivity index (χ1) is 21.4. The van der Waals surface area contributed by atoms with Gasteiger partial charge in [-0.2, -0.15) is 0 Å². The molecule has 0 aliphatic rings. The third-order valence-corrected chi connectivity index (χ3v) is 8.71. The Bertz CT molecular complexity index is 2280. The Kier molecular flexibility index (Phi) is 7.41. The van der Waals surface area contributed by atoms with Gasteiger partial charge in [0.2, 0.25) is 10.0 Å². The highest BCUT2D eigenvalue weighted by atomic mass is 32.2. The predicted molar refractivity (Wildman–Crippen MR) is 169 cm³/mol. The summed E-state index contributed by atoms with van der Waals surface area (Å²) in [6.45, 7) is 2.02. The van der Waals surface area contributed by atoms with Crippen molar-refractivity contribution in [2.75, 3.05) is 24.7 Å². The van der Waals surface area contributed by atoms with E-state index in [0.29, 0.717) is 33.3 Å². The molecule has 0 saturated heterocycles. The largest absolute Gasteiger partial charge is 0.455 e. The molecule has 13 heteroatoms. The first-order valence-electron chi connectivity index (χ1n) is 13.8. The van der Waals surface area contributed by atoms with Crippen LogP contribution in [0.25, 0.3) is 44.3 Å². The Balaban J connectivity index is 1.58. The van der Waals surface area contributed by atoms with Crippen molar-refractivity contribution in [2.24, 2.45) is 0 Å². The van der Waals surface area contributed by atoms with Crippen molar-refractivity contribution < 1.29 is 22.0 Å². The van der Waals surface area contributed by atoms with Crippen LogP contribution in [-0.2, 0) is 16.6 Å². The van der Waals surface area contributed by atoms with Crippen molar-refractivity contribution in [3.8, 4) is 22.5 Å². The number of nitrogens with one attached hydrogen (secondary N) is 1. The highest BCUT2D eigenvalue weighted by molar-refractivity contribution is 7.92. The zero-order chi connectivity index (χ0) is 32.0. The molecule has 0 bridgehead atoms. The van der Waals surface area contributed by atoms with Crippen LogP contribution in [0, 0.1) is 12.7 Å². The molecule has 3 aromatic carbocycles. The van der Waals surface area contributed by atoms with Crippen molar-refractivity contribution in [2.45, 2.75) is 13.5 Å². The fourth-order valence-electron chi connectivity index (χ4n) is 5.05. The Hall–Kier alpha value is -5.43. The number of pyridine rings is 1. The SMILES string of the molecule is CNC(=O)c1c(-c2ccc(F)cc2)oc2cc(N(C)S(C)(=O)=O)c(-c3ccc4nnn(Cc5ccc(C)cn5)c(=O)c4c3)cc12. The third kappa shape index (κ3) is 5.53. The second-order valence-electron chi connectivity index (χ2n) is 10.6. The van der Waals surface area contributed by atoms with Gasteiger partial charge in [-0.3, -0.25) is 18.9 Å². The molecule has 0 spiro atoms. The van der Waals surface area contributed by atoms with Gasteiger partial charge in [-0.05, 0) is 66.6 Å². The molecule has 0 aliphatic heterocycles. The molecule has 0 fully saturated rings. The van der Waals surface area contributed by atoms with E-state index >= 15 is 0 Å². The van der Waals surface area contributed by atoms with Crippen molar-refractivity contribution in [3.05, 3.63) is 106 Å². The first-order valence-corrected chi connectivity index (χ1v) is 15.6. The summed E-state index contributed by atoms with van der Waals surface area (Å²) in [5.41, 5.74) is 3.60. The lowest BCUT2D eigenvalue weighted by atomic mass is 9.97. The molecule has 0 atom stereocenters. The molecule has 3 heterocycles. The number of hydrogen-bond donors (Lipinski definition) is 1. The number of hydrogen-bond acceptors (Lipinski definition) is 8. The number of benzene rings is 3. The topological polar surface area (TPSA) is 140 Å². The highest BCUT2D eigenvalue weighted by Crippen LogP contribution is 2.41. The molecule has 45 heavy (non-hydrogen) atoms. The van der Waals surface area contributed by atoms with E-state index < -0.39 is 27.3 Å². The fraction of sp³-hybridized carbons (Fsp3) is 0.156. The van der Waals surface area contributed by atoms with Crippen LogP contribution in [0.3, 0.4) is 0 Å². The molecule has 6 rings (SSSR count). The van der Waals surface area contributed by atoms with Gasteiger partial charge in [0.15, 0.2) is 0 Å². The van der Waals surface area contributed by atoms with Gasteiger partial charge in [0, 0.05) is 42.9 Å². The Morgan fingerprint density at radius 2 is 1.76 bits per heavy atom. The van der Waals surface area contributed by atoms with Crippen LogP contribution >= 0.6 is 0 Å². The molecule has 6 aromatic rings. The lowest BCUT2D eigenvalue weighted by Crippen LogP contribution is -2.26. The van der Waals surface area contributed by atoms with Gasteiger partial charge in [-0.25, -0.2) is 17.5 Å². The lowest BCUT2D eigenvalue weighted by Gasteiger charge is -2.21. The van der Waals surface area contributed by atoms with Gasteiger partial charge in [-0.15, -0.1) is 5.10 Å². The molecule has 0 saturated carbocycles. The third-order valence-electron chi connectivity index (χ3n) is 7.52. The molecule has 0 aliphatic carbocycles. The van der Waals surface area contributed by atoms with Gasteiger partial charge in [0.25, 0.3) is 11.5 Å². The number of aromatic nitrogens is 4. The number of fused-ring (bicyclic) bond motifs is 2. The minimum atomic E-state index is -3.76. The Morgan fingerprint density at radius 3 is 2.42 bits per heavy atom. The monoisotopic (exact) mass is 626 g/mol. The molecule has 0 radical (unpaired) electrons. The van der Waals surface area contributed by atoms with E-state index in [2.05, 4.69) is 20.6 Å². The van der Waals surface area contributed by atoms with Gasteiger partial charge in [0.1, 0.15) is 22.7 Å². The summed E-state index contributed by atoms with van der Waals surface area (Å²) in [5.74, 6) is -0.716. The Labute approximate surface area is 257 Å². The molecule has 1 N–H and O–H groups in total. The van der Waals surface area contributed by atoms with Crippen molar-refractivity contribution in [1.82, 2.24) is 25.3 Å². The number of carbonyl (C=O) groups excluding carboxylic acids is 1. The maximum atomic E-state index is 13.7. The van der Waals surface area contributed by atoms with Crippen LogP contribution in [0.4, 0.5) is 10.1 Å². The smallest absolute Gasteiger partial charge is 0.277 e. The van der Waals surface area contributed by atoms with Gasteiger partial charge in [-0.1, -0.05) is 17.3 Å².